The molecule has 0 aliphatic heterocycles. The molecule has 2 aromatic carbocycles. The Morgan fingerprint density at radius 2 is 0.955 bits per heavy atom. The van der Waals surface area contributed by atoms with E-state index in [9.17, 15) is 9.59 Å². The topological polar surface area (TPSA) is 225 Å². The maximum Gasteiger partial charge on any atom is 0.322 e. The molecule has 4 atom stereocenters. The average Bonchev–Trinajstić information content (AvgIpc) is 3.01. The normalized spacial score (nSPS) is 18.8. The van der Waals surface area contributed by atoms with Crippen LogP contribution in [0.4, 0.5) is 35.2 Å². The van der Waals surface area contributed by atoms with E-state index in [0.29, 0.717) is 11.4 Å². The highest BCUT2D eigenvalue weighted by Crippen LogP contribution is 2.58. The van der Waals surface area contributed by atoms with Crippen molar-refractivity contribution < 1.29 is 28.5 Å². The molecule has 0 amide bonds. The number of carbonyl (C=O) groups is 2. The standard InChI is InChI=1S/C28H30N10O6/c1-41-21(39)19-17(13-5-9-15(10-6-13)31-25-33-23(29)35-27(37-25)43-3)18(20(19)22(40)42-2)14-7-11-16(12-8-14)32-26-34-24(30)36-28(38-26)44-4/h5-12,17-20H,1-4H3,(H3,29,31,33,35,37)(H3,30,32,34,36,38)/t17-,18+,19+,20-. The minimum absolute atomic E-state index is 0.00132. The van der Waals surface area contributed by atoms with Gasteiger partial charge >= 0.3 is 24.0 Å². The van der Waals surface area contributed by atoms with Crippen molar-refractivity contribution >= 4 is 47.1 Å². The fourth-order valence-corrected chi connectivity index (χ4v) is 5.31. The van der Waals surface area contributed by atoms with E-state index in [2.05, 4.69) is 40.5 Å². The van der Waals surface area contributed by atoms with Crippen molar-refractivity contribution in [2.45, 2.75) is 11.8 Å². The molecule has 1 saturated carbocycles. The second-order valence-corrected chi connectivity index (χ2v) is 9.65. The first-order valence-corrected chi connectivity index (χ1v) is 13.2. The third-order valence-electron chi connectivity index (χ3n) is 7.23. The molecule has 5 rings (SSSR count). The number of nitrogens with one attached hydrogen (secondary N) is 2. The molecule has 228 valence electrons. The SMILES string of the molecule is COC(=O)[C@@H]1[C@H](C(=O)OC)[C@@H](c2ccc(Nc3nc(N)nc(OC)n3)cc2)[C@H]1c1ccc(Nc2nc(N)nc(OC)n2)cc1. The van der Waals surface area contributed by atoms with Gasteiger partial charge in [0.05, 0.1) is 40.3 Å². The van der Waals surface area contributed by atoms with E-state index in [-0.39, 0.29) is 47.7 Å². The number of ether oxygens (including phenoxy) is 4. The highest BCUT2D eigenvalue weighted by atomic mass is 16.5. The van der Waals surface area contributed by atoms with Crippen LogP contribution >= 0.6 is 0 Å². The molecule has 1 aliphatic carbocycles. The molecule has 0 bridgehead atoms. The number of nitrogens with two attached hydrogens (primary N) is 2. The van der Waals surface area contributed by atoms with Crippen LogP contribution in [-0.4, -0.2) is 70.3 Å². The van der Waals surface area contributed by atoms with Gasteiger partial charge in [-0.2, -0.15) is 29.9 Å². The number of benzene rings is 2. The fraction of sp³-hybridized carbons (Fsp3) is 0.286. The largest absolute Gasteiger partial charge is 0.469 e. The third-order valence-corrected chi connectivity index (χ3v) is 7.23. The van der Waals surface area contributed by atoms with Crippen molar-refractivity contribution in [1.82, 2.24) is 29.9 Å². The van der Waals surface area contributed by atoms with Gasteiger partial charge < -0.3 is 41.0 Å². The van der Waals surface area contributed by atoms with Crippen LogP contribution in [0.3, 0.4) is 0 Å². The van der Waals surface area contributed by atoms with Gasteiger partial charge in [0.15, 0.2) is 0 Å². The summed E-state index contributed by atoms with van der Waals surface area (Å²) < 4.78 is 20.3. The highest BCUT2D eigenvalue weighted by Gasteiger charge is 2.59. The monoisotopic (exact) mass is 602 g/mol. The number of hydrogen-bond acceptors (Lipinski definition) is 16. The number of methoxy groups -OCH3 is 4. The summed E-state index contributed by atoms with van der Waals surface area (Å²) in [5.74, 6) is -2.90. The summed E-state index contributed by atoms with van der Waals surface area (Å²) in [5, 5.41) is 6.12. The highest BCUT2D eigenvalue weighted by molar-refractivity contribution is 5.87. The van der Waals surface area contributed by atoms with Gasteiger partial charge in [-0.1, -0.05) is 24.3 Å². The Kier molecular flexibility index (Phi) is 8.50. The Balaban J connectivity index is 1.43. The summed E-state index contributed by atoms with van der Waals surface area (Å²) in [7, 11) is 5.45. The number of hydrogen-bond donors (Lipinski definition) is 4. The Morgan fingerprint density at radius 1 is 0.591 bits per heavy atom. The van der Waals surface area contributed by atoms with Crippen LogP contribution in [0.1, 0.15) is 23.0 Å². The number of carbonyl (C=O) groups excluding carboxylic acids is 2. The number of nitrogens with zero attached hydrogens (tertiary/aromatic N) is 6. The molecule has 0 radical (unpaired) electrons. The predicted molar refractivity (Wildman–Crippen MR) is 158 cm³/mol. The third kappa shape index (κ3) is 6.04. The van der Waals surface area contributed by atoms with Crippen LogP contribution in [0, 0.1) is 11.8 Å². The minimum Gasteiger partial charge on any atom is -0.469 e. The van der Waals surface area contributed by atoms with E-state index in [1.165, 1.54) is 28.4 Å². The van der Waals surface area contributed by atoms with Crippen LogP contribution in [0.2, 0.25) is 0 Å². The molecule has 1 fully saturated rings. The lowest BCUT2D eigenvalue weighted by molar-refractivity contribution is -0.168. The summed E-state index contributed by atoms with van der Waals surface area (Å²) >= 11 is 0. The van der Waals surface area contributed by atoms with Gasteiger partial charge in [0.1, 0.15) is 0 Å². The Bertz CT molecular complexity index is 1530. The zero-order valence-corrected chi connectivity index (χ0v) is 24.2. The molecule has 44 heavy (non-hydrogen) atoms. The van der Waals surface area contributed by atoms with Gasteiger partial charge in [-0.05, 0) is 35.4 Å². The Labute approximate surface area is 251 Å². The van der Waals surface area contributed by atoms with Crippen LogP contribution < -0.4 is 31.6 Å². The lowest BCUT2D eigenvalue weighted by atomic mass is 9.52. The lowest BCUT2D eigenvalue weighted by Crippen LogP contribution is -2.52. The molecule has 1 aliphatic rings. The quantitative estimate of drug-likeness (QED) is 0.191. The van der Waals surface area contributed by atoms with Gasteiger partial charge in [-0.3, -0.25) is 9.59 Å². The first kappa shape index (κ1) is 29.7. The van der Waals surface area contributed by atoms with Crippen molar-refractivity contribution in [2.24, 2.45) is 11.8 Å². The number of rotatable bonds is 10. The molecule has 2 heterocycles. The summed E-state index contributed by atoms with van der Waals surface area (Å²) in [6.45, 7) is 0. The van der Waals surface area contributed by atoms with Crippen LogP contribution in [0.25, 0.3) is 0 Å². The summed E-state index contributed by atoms with van der Waals surface area (Å²) in [5.41, 5.74) is 14.4. The zero-order valence-electron chi connectivity index (χ0n) is 24.2. The van der Waals surface area contributed by atoms with Crippen LogP contribution in [-0.2, 0) is 19.1 Å². The van der Waals surface area contributed by atoms with Gasteiger partial charge in [-0.25, -0.2) is 0 Å². The number of nitrogen functional groups attached to an aromatic ring is 2. The fourth-order valence-electron chi connectivity index (χ4n) is 5.31. The maximum atomic E-state index is 13.0. The van der Waals surface area contributed by atoms with Crippen molar-refractivity contribution in [3.8, 4) is 12.0 Å². The average molecular weight is 603 g/mol. The Hall–Kier alpha value is -5.80. The van der Waals surface area contributed by atoms with E-state index in [1.54, 1.807) is 24.3 Å². The molecular formula is C28H30N10O6. The van der Waals surface area contributed by atoms with Gasteiger partial charge in [0, 0.05) is 23.2 Å². The molecule has 16 nitrogen and oxygen atoms in total. The minimum atomic E-state index is -0.762. The molecule has 0 unspecified atom stereocenters. The molecule has 16 heteroatoms. The predicted octanol–water partition coefficient (Wildman–Crippen LogP) is 2.18. The van der Waals surface area contributed by atoms with E-state index in [0.717, 1.165) is 11.1 Å². The van der Waals surface area contributed by atoms with Crippen molar-refractivity contribution in [1.29, 1.82) is 0 Å². The smallest absolute Gasteiger partial charge is 0.322 e. The maximum absolute atomic E-state index is 13.0. The molecule has 6 N–H and O–H groups in total. The van der Waals surface area contributed by atoms with E-state index in [1.807, 2.05) is 24.3 Å². The second kappa shape index (κ2) is 12.6. The summed E-state index contributed by atoms with van der Waals surface area (Å²) in [6, 6.07) is 14.8. The number of anilines is 6. The second-order valence-electron chi connectivity index (χ2n) is 9.65. The first-order chi connectivity index (χ1) is 21.2. The number of aromatic nitrogens is 6. The number of esters is 2. The molecule has 2 aromatic heterocycles. The molecule has 4 aromatic rings. The van der Waals surface area contributed by atoms with Crippen LogP contribution in [0.5, 0.6) is 12.0 Å². The van der Waals surface area contributed by atoms with Gasteiger partial charge in [0.2, 0.25) is 23.8 Å². The zero-order chi connectivity index (χ0) is 31.4. The lowest BCUT2D eigenvalue weighted by Gasteiger charge is -2.49. The van der Waals surface area contributed by atoms with E-state index >= 15 is 0 Å². The van der Waals surface area contributed by atoms with Crippen LogP contribution in [0.15, 0.2) is 48.5 Å². The molecule has 0 saturated heterocycles. The van der Waals surface area contributed by atoms with Crippen molar-refractivity contribution in [3.63, 3.8) is 0 Å². The van der Waals surface area contributed by atoms with E-state index < -0.39 is 23.8 Å². The summed E-state index contributed by atoms with van der Waals surface area (Å²) in [4.78, 5) is 50.1. The van der Waals surface area contributed by atoms with Gasteiger partial charge in [-0.15, -0.1) is 0 Å². The molecular weight excluding hydrogens is 572 g/mol. The summed E-state index contributed by atoms with van der Waals surface area (Å²) in [6.07, 6.45) is 0. The Morgan fingerprint density at radius 3 is 1.27 bits per heavy atom. The van der Waals surface area contributed by atoms with Crippen molar-refractivity contribution in [3.05, 3.63) is 59.7 Å². The molecule has 0 spiro atoms. The van der Waals surface area contributed by atoms with E-state index in [4.69, 9.17) is 30.4 Å². The van der Waals surface area contributed by atoms with Crippen molar-refractivity contribution in [2.75, 3.05) is 50.5 Å². The van der Waals surface area contributed by atoms with Gasteiger partial charge in [0.25, 0.3) is 0 Å². The first-order valence-electron chi connectivity index (χ1n) is 13.2.